The minimum absolute atomic E-state index is 0.0361. The number of ether oxygens (including phenoxy) is 1. The maximum absolute atomic E-state index is 5.84. The molecule has 0 aliphatic carbocycles. The summed E-state index contributed by atoms with van der Waals surface area (Å²) in [6.45, 7) is 6.66. The molecule has 0 bridgehead atoms. The first-order valence-corrected chi connectivity index (χ1v) is 7.90. The molecule has 0 atom stereocenters. The number of benzene rings is 2. The van der Waals surface area contributed by atoms with Crippen molar-refractivity contribution in [2.24, 2.45) is 0 Å². The second kappa shape index (κ2) is 7.85. The highest BCUT2D eigenvalue weighted by molar-refractivity contribution is 5.30. The van der Waals surface area contributed by atoms with Crippen LogP contribution in [0, 0.1) is 12.3 Å². The van der Waals surface area contributed by atoms with E-state index in [9.17, 15) is 0 Å². The minimum Gasteiger partial charge on any atom is -0.489 e. The Labute approximate surface area is 140 Å². The molecule has 2 aromatic carbocycles. The van der Waals surface area contributed by atoms with E-state index in [2.05, 4.69) is 56.0 Å². The van der Waals surface area contributed by atoms with Crippen LogP contribution in [0.5, 0.6) is 5.75 Å². The summed E-state index contributed by atoms with van der Waals surface area (Å²) in [5.74, 6) is 3.59. The second-order valence-corrected chi connectivity index (χ2v) is 6.56. The Bertz CT molecular complexity index is 655. The molecule has 0 saturated carbocycles. The van der Waals surface area contributed by atoms with Gasteiger partial charge < -0.3 is 4.74 Å². The molecule has 0 amide bonds. The molecule has 0 aliphatic heterocycles. The number of para-hydroxylation sites is 1. The van der Waals surface area contributed by atoms with Gasteiger partial charge in [0.15, 0.2) is 0 Å². The van der Waals surface area contributed by atoms with Crippen molar-refractivity contribution in [3.05, 3.63) is 65.7 Å². The van der Waals surface area contributed by atoms with E-state index in [-0.39, 0.29) is 5.41 Å². The van der Waals surface area contributed by atoms with Crippen molar-refractivity contribution in [2.45, 2.75) is 25.9 Å². The van der Waals surface area contributed by atoms with Crippen LogP contribution in [0.25, 0.3) is 0 Å². The van der Waals surface area contributed by atoms with Crippen LogP contribution >= 0.6 is 0 Å². The van der Waals surface area contributed by atoms with E-state index in [1.165, 1.54) is 11.1 Å². The van der Waals surface area contributed by atoms with Gasteiger partial charge in [-0.1, -0.05) is 62.2 Å². The zero-order valence-electron chi connectivity index (χ0n) is 14.3. The predicted octanol–water partition coefficient (Wildman–Crippen LogP) is 4.11. The lowest BCUT2D eigenvalue weighted by Crippen LogP contribution is -2.34. The fourth-order valence-electron chi connectivity index (χ4n) is 2.74. The predicted molar refractivity (Wildman–Crippen MR) is 96.6 cm³/mol. The van der Waals surface area contributed by atoms with E-state index < -0.39 is 0 Å². The Balaban J connectivity index is 2.05. The Morgan fingerprint density at radius 3 is 2.52 bits per heavy atom. The Morgan fingerprint density at radius 2 is 1.83 bits per heavy atom. The van der Waals surface area contributed by atoms with Crippen molar-refractivity contribution >= 4 is 0 Å². The molecule has 0 unspecified atom stereocenters. The average Bonchev–Trinajstić information content (AvgIpc) is 2.54. The Kier molecular flexibility index (Phi) is 5.84. The Hall–Kier alpha value is -2.24. The summed E-state index contributed by atoms with van der Waals surface area (Å²) in [6.07, 6.45) is 5.40. The first-order chi connectivity index (χ1) is 11.0. The van der Waals surface area contributed by atoms with E-state index in [1.54, 1.807) is 0 Å². The van der Waals surface area contributed by atoms with Gasteiger partial charge in [-0.25, -0.2) is 0 Å². The van der Waals surface area contributed by atoms with Crippen LogP contribution in [0.3, 0.4) is 0 Å². The fourth-order valence-corrected chi connectivity index (χ4v) is 2.74. The molecule has 23 heavy (non-hydrogen) atoms. The third-order valence-corrected chi connectivity index (χ3v) is 3.88. The number of likely N-dealkylation sites (N-methyl/N-ethyl adjacent to an activating group) is 1. The van der Waals surface area contributed by atoms with Crippen molar-refractivity contribution in [3.8, 4) is 18.1 Å². The lowest BCUT2D eigenvalue weighted by atomic mass is 9.83. The first kappa shape index (κ1) is 17.1. The van der Waals surface area contributed by atoms with Crippen molar-refractivity contribution in [2.75, 3.05) is 20.1 Å². The zero-order chi connectivity index (χ0) is 16.7. The van der Waals surface area contributed by atoms with E-state index in [1.807, 2.05) is 30.3 Å². The van der Waals surface area contributed by atoms with E-state index in [0.717, 1.165) is 12.3 Å². The maximum atomic E-state index is 5.84. The lowest BCUT2D eigenvalue weighted by Gasteiger charge is -2.30. The van der Waals surface area contributed by atoms with Gasteiger partial charge in [-0.05, 0) is 30.3 Å². The third-order valence-electron chi connectivity index (χ3n) is 3.88. The summed E-state index contributed by atoms with van der Waals surface area (Å²) in [6, 6.07) is 18.5. The van der Waals surface area contributed by atoms with Crippen LogP contribution in [-0.4, -0.2) is 25.0 Å². The van der Waals surface area contributed by atoms with Crippen LogP contribution in [0.15, 0.2) is 54.6 Å². The average molecular weight is 307 g/mol. The van der Waals surface area contributed by atoms with Crippen LogP contribution in [-0.2, 0) is 12.0 Å². The summed E-state index contributed by atoms with van der Waals surface area (Å²) in [7, 11) is 2.06. The van der Waals surface area contributed by atoms with Crippen molar-refractivity contribution in [1.82, 2.24) is 4.90 Å². The molecule has 0 heterocycles. The van der Waals surface area contributed by atoms with Crippen LogP contribution in [0.1, 0.15) is 25.0 Å². The number of rotatable bonds is 7. The van der Waals surface area contributed by atoms with Crippen molar-refractivity contribution < 1.29 is 4.74 Å². The molecule has 0 fully saturated rings. The van der Waals surface area contributed by atoms with Gasteiger partial charge in [0.1, 0.15) is 12.4 Å². The van der Waals surface area contributed by atoms with E-state index in [0.29, 0.717) is 13.2 Å². The molecular formula is C21H25NO. The first-order valence-electron chi connectivity index (χ1n) is 7.90. The fraction of sp³-hybridized carbons (Fsp3) is 0.333. The molecular weight excluding hydrogens is 282 g/mol. The molecule has 2 heteroatoms. The van der Waals surface area contributed by atoms with Crippen LogP contribution < -0.4 is 4.74 Å². The highest BCUT2D eigenvalue weighted by Crippen LogP contribution is 2.25. The maximum Gasteiger partial charge on any atom is 0.119 e. The molecule has 2 rings (SSSR count). The highest BCUT2D eigenvalue weighted by atomic mass is 16.5. The van der Waals surface area contributed by atoms with Crippen LogP contribution in [0.4, 0.5) is 0 Å². The Morgan fingerprint density at radius 1 is 1.09 bits per heavy atom. The molecule has 120 valence electrons. The largest absolute Gasteiger partial charge is 0.489 e. The topological polar surface area (TPSA) is 12.5 Å². The number of hydrogen-bond donors (Lipinski definition) is 0. The van der Waals surface area contributed by atoms with Gasteiger partial charge in [0.25, 0.3) is 0 Å². The molecule has 0 aromatic heterocycles. The van der Waals surface area contributed by atoms with Gasteiger partial charge in [0.05, 0.1) is 6.54 Å². The monoisotopic (exact) mass is 307 g/mol. The molecule has 2 nitrogen and oxygen atoms in total. The molecule has 0 spiro atoms. The van der Waals surface area contributed by atoms with Gasteiger partial charge in [-0.2, -0.15) is 0 Å². The second-order valence-electron chi connectivity index (χ2n) is 6.56. The van der Waals surface area contributed by atoms with Gasteiger partial charge in [-0.3, -0.25) is 4.90 Å². The normalized spacial score (nSPS) is 11.3. The third kappa shape index (κ3) is 5.16. The quantitative estimate of drug-likeness (QED) is 0.714. The summed E-state index contributed by atoms with van der Waals surface area (Å²) >= 11 is 0. The molecule has 0 saturated heterocycles. The smallest absolute Gasteiger partial charge is 0.119 e. The standard InChI is InChI=1S/C21H25NO/c1-5-14-22(4)17-21(2,3)19-11-9-10-18(15-19)16-23-20-12-7-6-8-13-20/h1,6-13,15H,14,16-17H2,2-4H3. The molecule has 0 radical (unpaired) electrons. The number of terminal acetylenes is 1. The summed E-state index contributed by atoms with van der Waals surface area (Å²) in [4.78, 5) is 2.17. The summed E-state index contributed by atoms with van der Waals surface area (Å²) in [5.41, 5.74) is 2.52. The van der Waals surface area contributed by atoms with Gasteiger partial charge >= 0.3 is 0 Å². The summed E-state index contributed by atoms with van der Waals surface area (Å²) < 4.78 is 5.84. The SMILES string of the molecule is C#CCN(C)CC(C)(C)c1cccc(COc2ccccc2)c1. The number of hydrogen-bond acceptors (Lipinski definition) is 2. The van der Waals surface area contributed by atoms with E-state index in [4.69, 9.17) is 11.2 Å². The lowest BCUT2D eigenvalue weighted by molar-refractivity contribution is 0.292. The minimum atomic E-state index is 0.0361. The van der Waals surface area contributed by atoms with Crippen molar-refractivity contribution in [1.29, 1.82) is 0 Å². The van der Waals surface area contributed by atoms with Gasteiger partial charge in [0, 0.05) is 12.0 Å². The van der Waals surface area contributed by atoms with E-state index >= 15 is 0 Å². The van der Waals surface area contributed by atoms with Crippen molar-refractivity contribution in [3.63, 3.8) is 0 Å². The van der Waals surface area contributed by atoms with Gasteiger partial charge in [-0.15, -0.1) is 6.42 Å². The van der Waals surface area contributed by atoms with Crippen LogP contribution in [0.2, 0.25) is 0 Å². The number of nitrogens with zero attached hydrogens (tertiary/aromatic N) is 1. The molecule has 0 N–H and O–H groups in total. The molecule has 0 aliphatic rings. The zero-order valence-corrected chi connectivity index (χ0v) is 14.3. The highest BCUT2D eigenvalue weighted by Gasteiger charge is 2.22. The summed E-state index contributed by atoms with van der Waals surface area (Å²) in [5, 5.41) is 0. The molecule has 2 aromatic rings. The van der Waals surface area contributed by atoms with Gasteiger partial charge in [0.2, 0.25) is 0 Å².